The van der Waals surface area contributed by atoms with Crippen LogP contribution in [-0.2, 0) is 12.8 Å². The van der Waals surface area contributed by atoms with Crippen LogP contribution in [0.4, 0.5) is 0 Å². The Labute approximate surface area is 177 Å². The quantitative estimate of drug-likeness (QED) is 0.473. The number of hydrogen-bond donors (Lipinski definition) is 0. The highest BCUT2D eigenvalue weighted by Gasteiger charge is 2.53. The van der Waals surface area contributed by atoms with Gasteiger partial charge < -0.3 is 0 Å². The molecule has 1 heteroatoms. The molecule has 0 spiro atoms. The maximum Gasteiger partial charge on any atom is 0.0217 e. The van der Waals surface area contributed by atoms with Crippen LogP contribution in [0.25, 0.3) is 0 Å². The van der Waals surface area contributed by atoms with Crippen LogP contribution in [0.3, 0.4) is 0 Å². The van der Waals surface area contributed by atoms with Crippen molar-refractivity contribution >= 4 is 0 Å². The number of benzene rings is 2. The maximum absolute atomic E-state index is 2.99. The molecule has 0 aromatic heterocycles. The van der Waals surface area contributed by atoms with Gasteiger partial charge in [-0.1, -0.05) is 60.7 Å². The Morgan fingerprint density at radius 2 is 1.03 bits per heavy atom. The third kappa shape index (κ3) is 4.45. The monoisotopic (exact) mass is 387 g/mol. The van der Waals surface area contributed by atoms with Crippen LogP contribution < -0.4 is 0 Å². The lowest BCUT2D eigenvalue weighted by atomic mass is 9.52. The molecule has 29 heavy (non-hydrogen) atoms. The summed E-state index contributed by atoms with van der Waals surface area (Å²) in [6.45, 7) is 2.58. The van der Waals surface area contributed by atoms with E-state index >= 15 is 0 Å². The number of hydrogen-bond acceptors (Lipinski definition) is 1. The molecule has 2 aromatic carbocycles. The van der Waals surface area contributed by atoms with Gasteiger partial charge in [0.15, 0.2) is 0 Å². The van der Waals surface area contributed by atoms with Gasteiger partial charge >= 0.3 is 0 Å². The van der Waals surface area contributed by atoms with E-state index in [4.69, 9.17) is 0 Å². The lowest BCUT2D eigenvalue weighted by Gasteiger charge is -2.61. The molecule has 154 valence electrons. The highest BCUT2D eigenvalue weighted by molar-refractivity contribution is 5.16. The van der Waals surface area contributed by atoms with Gasteiger partial charge in [-0.2, -0.15) is 0 Å². The minimum Gasteiger partial charge on any atom is -0.298 e. The predicted molar refractivity (Wildman–Crippen MR) is 122 cm³/mol. The fourth-order valence-electron chi connectivity index (χ4n) is 7.28. The first-order chi connectivity index (χ1) is 14.3. The van der Waals surface area contributed by atoms with Crippen molar-refractivity contribution in [3.63, 3.8) is 0 Å². The van der Waals surface area contributed by atoms with Crippen molar-refractivity contribution in [2.75, 3.05) is 13.1 Å². The summed E-state index contributed by atoms with van der Waals surface area (Å²) in [7, 11) is 0. The second-order valence-electron chi connectivity index (χ2n) is 10.3. The zero-order chi connectivity index (χ0) is 19.5. The second-order valence-corrected chi connectivity index (χ2v) is 10.3. The summed E-state index contributed by atoms with van der Waals surface area (Å²) in [4.78, 5) is 2.99. The molecule has 0 radical (unpaired) electrons. The molecule has 1 nitrogen and oxygen atoms in total. The van der Waals surface area contributed by atoms with E-state index < -0.39 is 0 Å². The van der Waals surface area contributed by atoms with Gasteiger partial charge in [-0.15, -0.1) is 0 Å². The Kier molecular flexibility index (Phi) is 5.77. The van der Waals surface area contributed by atoms with Gasteiger partial charge in [-0.05, 0) is 106 Å². The molecule has 0 aliphatic heterocycles. The minimum absolute atomic E-state index is 0.544. The summed E-state index contributed by atoms with van der Waals surface area (Å²) in [5.41, 5.74) is 3.55. The van der Waals surface area contributed by atoms with Crippen LogP contribution >= 0.6 is 0 Å². The van der Waals surface area contributed by atoms with Crippen LogP contribution in [0.1, 0.15) is 62.5 Å². The maximum atomic E-state index is 2.99. The Morgan fingerprint density at radius 1 is 0.621 bits per heavy atom. The molecule has 4 aliphatic carbocycles. The summed E-state index contributed by atoms with van der Waals surface area (Å²) in [6, 6.07) is 22.2. The SMILES string of the molecule is c1ccc(CCCN(CCCc2ccccc2)C23CC4CC(CC(C4)C2)C3)cc1. The highest BCUT2D eigenvalue weighted by atomic mass is 15.2. The molecule has 6 rings (SSSR count). The Balaban J connectivity index is 1.25. The fourth-order valence-corrected chi connectivity index (χ4v) is 7.28. The van der Waals surface area contributed by atoms with E-state index in [0.717, 1.165) is 17.8 Å². The molecule has 4 aliphatic rings. The van der Waals surface area contributed by atoms with Crippen molar-refractivity contribution in [2.45, 2.75) is 69.7 Å². The molecule has 4 bridgehead atoms. The van der Waals surface area contributed by atoms with Crippen molar-refractivity contribution in [3.8, 4) is 0 Å². The van der Waals surface area contributed by atoms with Crippen LogP contribution in [0, 0.1) is 17.8 Å². The zero-order valence-corrected chi connectivity index (χ0v) is 17.9. The molecule has 0 amide bonds. The molecular weight excluding hydrogens is 350 g/mol. The Morgan fingerprint density at radius 3 is 1.45 bits per heavy atom. The highest BCUT2D eigenvalue weighted by Crippen LogP contribution is 2.57. The molecule has 4 fully saturated rings. The third-order valence-electron chi connectivity index (χ3n) is 8.15. The van der Waals surface area contributed by atoms with Gasteiger partial charge in [-0.3, -0.25) is 4.90 Å². The summed E-state index contributed by atoms with van der Waals surface area (Å²) in [5.74, 6) is 3.10. The standard InChI is InChI=1S/C28H37N/c1-3-9-23(10-4-1)13-7-15-29(16-8-14-24-11-5-2-6-12-24)28-20-25-17-26(21-28)19-27(18-25)22-28/h1-6,9-12,25-27H,7-8,13-22H2. The van der Waals surface area contributed by atoms with E-state index in [1.165, 1.54) is 69.2 Å². The minimum atomic E-state index is 0.544. The van der Waals surface area contributed by atoms with Crippen LogP contribution in [-0.4, -0.2) is 23.5 Å². The van der Waals surface area contributed by atoms with Crippen molar-refractivity contribution in [3.05, 3.63) is 71.8 Å². The average molecular weight is 388 g/mol. The van der Waals surface area contributed by atoms with Gasteiger partial charge in [0.2, 0.25) is 0 Å². The molecule has 0 heterocycles. The first-order valence-electron chi connectivity index (χ1n) is 12.1. The summed E-state index contributed by atoms with van der Waals surface area (Å²) < 4.78 is 0. The third-order valence-corrected chi connectivity index (χ3v) is 8.15. The van der Waals surface area contributed by atoms with E-state index in [0.29, 0.717) is 5.54 Å². The number of nitrogens with zero attached hydrogens (tertiary/aromatic N) is 1. The zero-order valence-electron chi connectivity index (χ0n) is 17.9. The van der Waals surface area contributed by atoms with Gasteiger partial charge in [0.1, 0.15) is 0 Å². The Hall–Kier alpha value is -1.60. The molecule has 4 saturated carbocycles. The largest absolute Gasteiger partial charge is 0.298 e. The van der Waals surface area contributed by atoms with Crippen molar-refractivity contribution < 1.29 is 0 Å². The summed E-state index contributed by atoms with van der Waals surface area (Å²) in [6.07, 6.45) is 14.2. The van der Waals surface area contributed by atoms with E-state index in [-0.39, 0.29) is 0 Å². The normalized spacial score (nSPS) is 30.2. The molecular formula is C28H37N. The van der Waals surface area contributed by atoms with Gasteiger partial charge in [0.05, 0.1) is 0 Å². The summed E-state index contributed by atoms with van der Waals surface area (Å²) in [5, 5.41) is 0. The van der Waals surface area contributed by atoms with E-state index in [1.807, 2.05) is 0 Å². The average Bonchev–Trinajstić information content (AvgIpc) is 2.73. The van der Waals surface area contributed by atoms with Crippen LogP contribution in [0.2, 0.25) is 0 Å². The number of aryl methyl sites for hydroxylation is 2. The van der Waals surface area contributed by atoms with E-state index in [1.54, 1.807) is 19.3 Å². The first-order valence-corrected chi connectivity index (χ1v) is 12.1. The van der Waals surface area contributed by atoms with Crippen molar-refractivity contribution in [1.29, 1.82) is 0 Å². The first kappa shape index (κ1) is 19.4. The Bertz CT molecular complexity index is 685. The molecule has 2 aromatic rings. The van der Waals surface area contributed by atoms with Crippen molar-refractivity contribution in [1.82, 2.24) is 4.90 Å². The number of rotatable bonds is 9. The summed E-state index contributed by atoms with van der Waals surface area (Å²) >= 11 is 0. The predicted octanol–water partition coefficient (Wildman–Crippen LogP) is 6.52. The van der Waals surface area contributed by atoms with E-state index in [9.17, 15) is 0 Å². The molecule has 0 atom stereocenters. The molecule has 0 saturated heterocycles. The molecule has 0 unspecified atom stereocenters. The lowest BCUT2D eigenvalue weighted by Crippen LogP contribution is -2.60. The lowest BCUT2D eigenvalue weighted by molar-refractivity contribution is -0.0893. The topological polar surface area (TPSA) is 3.24 Å². The van der Waals surface area contributed by atoms with Crippen molar-refractivity contribution in [2.24, 2.45) is 17.8 Å². The van der Waals surface area contributed by atoms with Crippen LogP contribution in [0.5, 0.6) is 0 Å². The van der Waals surface area contributed by atoms with Gasteiger partial charge in [0, 0.05) is 5.54 Å². The van der Waals surface area contributed by atoms with Crippen LogP contribution in [0.15, 0.2) is 60.7 Å². The smallest absolute Gasteiger partial charge is 0.0217 e. The fraction of sp³-hybridized carbons (Fsp3) is 0.571. The van der Waals surface area contributed by atoms with E-state index in [2.05, 4.69) is 65.6 Å². The molecule has 0 N–H and O–H groups in total. The second kappa shape index (κ2) is 8.64. The van der Waals surface area contributed by atoms with Gasteiger partial charge in [0.25, 0.3) is 0 Å². The van der Waals surface area contributed by atoms with Gasteiger partial charge in [-0.25, -0.2) is 0 Å².